The van der Waals surface area contributed by atoms with Crippen LogP contribution in [-0.2, 0) is 9.31 Å². The highest BCUT2D eigenvalue weighted by molar-refractivity contribution is 6.62. The normalized spacial score (nSPS) is 17.9. The van der Waals surface area contributed by atoms with Crippen LogP contribution in [-0.4, -0.2) is 18.3 Å². The standard InChI is InChI=1S/C26H25BO2/c1-25(2)26(3,4)29-27(28-25)20-12-9-11-18(16-20)24-17-19-10-5-6-13-21(19)22-14-7-8-15-23(22)24/h5-17H,1-4H3. The van der Waals surface area contributed by atoms with Crippen molar-refractivity contribution < 1.29 is 9.31 Å². The van der Waals surface area contributed by atoms with E-state index in [9.17, 15) is 0 Å². The SMILES string of the molecule is CC1(C)OB(c2cccc(-c3cc4ccccc4c4ccccc34)c2)OC1(C)C. The molecule has 29 heavy (non-hydrogen) atoms. The number of hydrogen-bond acceptors (Lipinski definition) is 2. The molecule has 5 rings (SSSR count). The minimum Gasteiger partial charge on any atom is -0.399 e. The maximum absolute atomic E-state index is 6.28. The van der Waals surface area contributed by atoms with E-state index < -0.39 is 0 Å². The summed E-state index contributed by atoms with van der Waals surface area (Å²) >= 11 is 0. The van der Waals surface area contributed by atoms with Gasteiger partial charge >= 0.3 is 7.12 Å². The molecule has 1 aliphatic rings. The predicted molar refractivity (Wildman–Crippen MR) is 123 cm³/mol. The van der Waals surface area contributed by atoms with Crippen LogP contribution in [0.25, 0.3) is 32.7 Å². The van der Waals surface area contributed by atoms with E-state index >= 15 is 0 Å². The molecule has 0 amide bonds. The first-order chi connectivity index (χ1) is 13.9. The molecule has 1 aliphatic heterocycles. The summed E-state index contributed by atoms with van der Waals surface area (Å²) in [5, 5.41) is 5.08. The monoisotopic (exact) mass is 380 g/mol. The average molecular weight is 380 g/mol. The van der Waals surface area contributed by atoms with Crippen LogP contribution in [0.4, 0.5) is 0 Å². The van der Waals surface area contributed by atoms with Gasteiger partial charge in [0.25, 0.3) is 0 Å². The van der Waals surface area contributed by atoms with Gasteiger partial charge in [-0.2, -0.15) is 0 Å². The fourth-order valence-electron chi connectivity index (χ4n) is 4.13. The van der Waals surface area contributed by atoms with Gasteiger partial charge in [-0.25, -0.2) is 0 Å². The van der Waals surface area contributed by atoms with Crippen molar-refractivity contribution >= 4 is 34.1 Å². The van der Waals surface area contributed by atoms with Crippen molar-refractivity contribution in [3.05, 3.63) is 78.9 Å². The minimum absolute atomic E-state index is 0.344. The zero-order valence-electron chi connectivity index (χ0n) is 17.4. The quantitative estimate of drug-likeness (QED) is 0.316. The van der Waals surface area contributed by atoms with E-state index in [1.54, 1.807) is 0 Å². The van der Waals surface area contributed by atoms with Crippen molar-refractivity contribution in [2.75, 3.05) is 0 Å². The Morgan fingerprint density at radius 3 is 1.97 bits per heavy atom. The molecule has 0 N–H and O–H groups in total. The van der Waals surface area contributed by atoms with Crippen LogP contribution in [0.15, 0.2) is 78.9 Å². The Balaban J connectivity index is 1.66. The molecule has 0 spiro atoms. The summed E-state index contributed by atoms with van der Waals surface area (Å²) in [5.74, 6) is 0. The first-order valence-corrected chi connectivity index (χ1v) is 10.2. The highest BCUT2D eigenvalue weighted by atomic mass is 16.7. The summed E-state index contributed by atoms with van der Waals surface area (Å²) in [6, 6.07) is 28.1. The van der Waals surface area contributed by atoms with E-state index in [4.69, 9.17) is 9.31 Å². The van der Waals surface area contributed by atoms with Crippen molar-refractivity contribution in [2.45, 2.75) is 38.9 Å². The lowest BCUT2D eigenvalue weighted by molar-refractivity contribution is 0.00578. The molecule has 1 fully saturated rings. The van der Waals surface area contributed by atoms with Crippen LogP contribution in [0.2, 0.25) is 0 Å². The van der Waals surface area contributed by atoms with Gasteiger partial charge in [-0.15, -0.1) is 0 Å². The van der Waals surface area contributed by atoms with Crippen molar-refractivity contribution in [2.24, 2.45) is 0 Å². The first-order valence-electron chi connectivity index (χ1n) is 10.2. The van der Waals surface area contributed by atoms with Gasteiger partial charge in [-0.05, 0) is 71.9 Å². The summed E-state index contributed by atoms with van der Waals surface area (Å²) in [7, 11) is -0.355. The van der Waals surface area contributed by atoms with E-state index in [1.165, 1.54) is 32.7 Å². The van der Waals surface area contributed by atoms with Crippen molar-refractivity contribution in [3.63, 3.8) is 0 Å². The minimum atomic E-state index is -0.355. The zero-order valence-corrected chi connectivity index (χ0v) is 17.4. The van der Waals surface area contributed by atoms with Gasteiger partial charge in [0.15, 0.2) is 0 Å². The molecule has 0 radical (unpaired) electrons. The van der Waals surface area contributed by atoms with Crippen LogP contribution >= 0.6 is 0 Å². The number of hydrogen-bond donors (Lipinski definition) is 0. The maximum atomic E-state index is 6.28. The molecule has 0 saturated carbocycles. The summed E-state index contributed by atoms with van der Waals surface area (Å²) in [5.41, 5.74) is 2.78. The van der Waals surface area contributed by atoms with Crippen LogP contribution in [0.3, 0.4) is 0 Å². The lowest BCUT2D eigenvalue weighted by Crippen LogP contribution is -2.41. The fraction of sp³-hybridized carbons (Fsp3) is 0.231. The molecular formula is C26H25BO2. The summed E-state index contributed by atoms with van der Waals surface area (Å²) in [6.45, 7) is 8.36. The van der Waals surface area contributed by atoms with Crippen molar-refractivity contribution in [1.82, 2.24) is 0 Å². The maximum Gasteiger partial charge on any atom is 0.494 e. The summed E-state index contributed by atoms with van der Waals surface area (Å²) in [6.07, 6.45) is 0. The fourth-order valence-corrected chi connectivity index (χ4v) is 4.13. The highest BCUT2D eigenvalue weighted by Gasteiger charge is 2.51. The molecule has 3 heteroatoms. The topological polar surface area (TPSA) is 18.5 Å². The summed E-state index contributed by atoms with van der Waals surface area (Å²) in [4.78, 5) is 0. The zero-order chi connectivity index (χ0) is 20.2. The third-order valence-electron chi connectivity index (χ3n) is 6.49. The number of rotatable bonds is 2. The van der Waals surface area contributed by atoms with Crippen LogP contribution in [0.5, 0.6) is 0 Å². The van der Waals surface area contributed by atoms with E-state index in [0.29, 0.717) is 0 Å². The molecule has 0 atom stereocenters. The summed E-state index contributed by atoms with van der Waals surface area (Å²) < 4.78 is 12.6. The second kappa shape index (κ2) is 6.45. The van der Waals surface area contributed by atoms with Gasteiger partial charge in [0.1, 0.15) is 0 Å². The lowest BCUT2D eigenvalue weighted by atomic mass is 9.77. The van der Waals surface area contributed by atoms with Gasteiger partial charge in [-0.3, -0.25) is 0 Å². The number of benzene rings is 4. The molecule has 2 nitrogen and oxygen atoms in total. The van der Waals surface area contributed by atoms with Gasteiger partial charge in [-0.1, -0.05) is 72.8 Å². The van der Waals surface area contributed by atoms with Crippen LogP contribution in [0, 0.1) is 0 Å². The van der Waals surface area contributed by atoms with Crippen LogP contribution in [0.1, 0.15) is 27.7 Å². The van der Waals surface area contributed by atoms with E-state index in [0.717, 1.165) is 5.46 Å². The molecule has 1 heterocycles. The smallest absolute Gasteiger partial charge is 0.399 e. The van der Waals surface area contributed by atoms with Gasteiger partial charge < -0.3 is 9.31 Å². The largest absolute Gasteiger partial charge is 0.494 e. The van der Waals surface area contributed by atoms with Crippen molar-refractivity contribution in [1.29, 1.82) is 0 Å². The van der Waals surface area contributed by atoms with Gasteiger partial charge in [0, 0.05) is 0 Å². The Morgan fingerprint density at radius 1 is 0.621 bits per heavy atom. The van der Waals surface area contributed by atoms with E-state index in [-0.39, 0.29) is 18.3 Å². The lowest BCUT2D eigenvalue weighted by Gasteiger charge is -2.32. The predicted octanol–water partition coefficient (Wildman–Crippen LogP) is 5.96. The van der Waals surface area contributed by atoms with Gasteiger partial charge in [0.05, 0.1) is 11.2 Å². The molecule has 4 aromatic carbocycles. The van der Waals surface area contributed by atoms with E-state index in [1.807, 2.05) is 0 Å². The second-order valence-electron chi connectivity index (χ2n) is 8.90. The highest BCUT2D eigenvalue weighted by Crippen LogP contribution is 2.38. The molecule has 4 aromatic rings. The Hall–Kier alpha value is -2.62. The molecule has 0 aromatic heterocycles. The van der Waals surface area contributed by atoms with Crippen molar-refractivity contribution in [3.8, 4) is 11.1 Å². The van der Waals surface area contributed by atoms with E-state index in [2.05, 4.69) is 107 Å². The third-order valence-corrected chi connectivity index (χ3v) is 6.49. The Bertz CT molecular complexity index is 1210. The van der Waals surface area contributed by atoms with Crippen LogP contribution < -0.4 is 5.46 Å². The number of fused-ring (bicyclic) bond motifs is 3. The molecular weight excluding hydrogens is 355 g/mol. The molecule has 0 aliphatic carbocycles. The Labute approximate surface area is 172 Å². The Kier molecular flexibility index (Phi) is 4.09. The third kappa shape index (κ3) is 2.97. The molecule has 144 valence electrons. The van der Waals surface area contributed by atoms with Gasteiger partial charge in [0.2, 0.25) is 0 Å². The molecule has 0 bridgehead atoms. The second-order valence-corrected chi connectivity index (χ2v) is 8.90. The molecule has 1 saturated heterocycles. The first kappa shape index (κ1) is 18.4. The average Bonchev–Trinajstić information content (AvgIpc) is 2.95. The Morgan fingerprint density at radius 2 is 1.24 bits per heavy atom. The molecule has 0 unspecified atom stereocenters.